The standard InChI is InChI=1S/C14H12N8O4/c1-7-11(17-21-22(7)13-12(15)19-26-20-13)14(23)18-16-5-8-2-3-9-10(4-8)25-6-24-9/h2-5H,6H2,1H3,(H2,15,19)(H,18,23). The van der Waals surface area contributed by atoms with Crippen LogP contribution in [0.25, 0.3) is 5.82 Å². The fourth-order valence-corrected chi connectivity index (χ4v) is 2.29. The molecule has 0 saturated carbocycles. The lowest BCUT2D eigenvalue weighted by atomic mass is 10.2. The molecule has 132 valence electrons. The SMILES string of the molecule is Cc1c(C(=O)NN=Cc2ccc3c(c2)OCO3)nnn1-c1nonc1N. The van der Waals surface area contributed by atoms with Gasteiger partial charge in [-0.1, -0.05) is 5.21 Å². The second-order valence-electron chi connectivity index (χ2n) is 5.22. The maximum absolute atomic E-state index is 12.2. The van der Waals surface area contributed by atoms with Gasteiger partial charge < -0.3 is 15.2 Å². The molecule has 0 unspecified atom stereocenters. The van der Waals surface area contributed by atoms with Gasteiger partial charge in [-0.25, -0.2) is 10.1 Å². The van der Waals surface area contributed by atoms with Crippen LogP contribution in [0.2, 0.25) is 0 Å². The Labute approximate surface area is 145 Å². The van der Waals surface area contributed by atoms with E-state index < -0.39 is 5.91 Å². The number of fused-ring (bicyclic) bond motifs is 1. The zero-order chi connectivity index (χ0) is 18.1. The number of anilines is 1. The van der Waals surface area contributed by atoms with Gasteiger partial charge in [0.1, 0.15) is 0 Å². The lowest BCUT2D eigenvalue weighted by Crippen LogP contribution is -2.19. The highest BCUT2D eigenvalue weighted by Crippen LogP contribution is 2.31. The number of hydrogen-bond donors (Lipinski definition) is 2. The van der Waals surface area contributed by atoms with E-state index in [9.17, 15) is 4.79 Å². The van der Waals surface area contributed by atoms with Crippen molar-refractivity contribution < 1.29 is 18.9 Å². The quantitative estimate of drug-likeness (QED) is 0.486. The molecule has 2 aromatic heterocycles. The molecule has 0 aliphatic carbocycles. The number of nitrogens with zero attached hydrogens (tertiary/aromatic N) is 6. The number of benzene rings is 1. The summed E-state index contributed by atoms with van der Waals surface area (Å²) in [5.74, 6) is 0.933. The summed E-state index contributed by atoms with van der Waals surface area (Å²) >= 11 is 0. The van der Waals surface area contributed by atoms with Gasteiger partial charge in [0, 0.05) is 0 Å². The van der Waals surface area contributed by atoms with Crippen molar-refractivity contribution in [3.63, 3.8) is 0 Å². The lowest BCUT2D eigenvalue weighted by Gasteiger charge is -2.00. The van der Waals surface area contributed by atoms with E-state index in [4.69, 9.17) is 15.2 Å². The Balaban J connectivity index is 1.47. The van der Waals surface area contributed by atoms with Crippen molar-refractivity contribution in [2.45, 2.75) is 6.92 Å². The van der Waals surface area contributed by atoms with Crippen molar-refractivity contribution in [1.82, 2.24) is 30.7 Å². The van der Waals surface area contributed by atoms with Crippen LogP contribution in [0.1, 0.15) is 21.7 Å². The average Bonchev–Trinajstić information content (AvgIpc) is 3.34. The molecule has 12 heteroatoms. The first kappa shape index (κ1) is 15.6. The fraction of sp³-hybridized carbons (Fsp3) is 0.143. The molecule has 0 radical (unpaired) electrons. The Morgan fingerprint density at radius 2 is 2.19 bits per heavy atom. The summed E-state index contributed by atoms with van der Waals surface area (Å²) in [5.41, 5.74) is 9.20. The number of carbonyl (C=O) groups excluding carboxylic acids is 1. The number of rotatable bonds is 4. The van der Waals surface area contributed by atoms with E-state index in [1.165, 1.54) is 10.9 Å². The van der Waals surface area contributed by atoms with Gasteiger partial charge in [-0.2, -0.15) is 9.78 Å². The van der Waals surface area contributed by atoms with Crippen molar-refractivity contribution >= 4 is 17.9 Å². The molecular formula is C14H12N8O4. The molecule has 0 spiro atoms. The van der Waals surface area contributed by atoms with Crippen molar-refractivity contribution in [3.05, 3.63) is 35.2 Å². The molecule has 26 heavy (non-hydrogen) atoms. The van der Waals surface area contributed by atoms with E-state index in [2.05, 4.69) is 35.8 Å². The molecule has 3 N–H and O–H groups in total. The van der Waals surface area contributed by atoms with Crippen LogP contribution in [-0.2, 0) is 0 Å². The minimum Gasteiger partial charge on any atom is -0.454 e. The van der Waals surface area contributed by atoms with E-state index in [1.807, 2.05) is 0 Å². The number of nitrogens with two attached hydrogens (primary N) is 1. The maximum atomic E-state index is 12.2. The molecule has 3 heterocycles. The minimum absolute atomic E-state index is 0.0331. The van der Waals surface area contributed by atoms with Gasteiger partial charge in [-0.3, -0.25) is 4.79 Å². The number of carbonyl (C=O) groups is 1. The Bertz CT molecular complexity index is 1010. The van der Waals surface area contributed by atoms with Crippen LogP contribution in [0, 0.1) is 6.92 Å². The third-order valence-corrected chi connectivity index (χ3v) is 3.58. The maximum Gasteiger partial charge on any atom is 0.293 e. The van der Waals surface area contributed by atoms with Crippen LogP contribution >= 0.6 is 0 Å². The summed E-state index contributed by atoms with van der Waals surface area (Å²) in [7, 11) is 0. The lowest BCUT2D eigenvalue weighted by molar-refractivity contribution is 0.0949. The first-order chi connectivity index (χ1) is 12.6. The molecule has 0 saturated heterocycles. The molecular weight excluding hydrogens is 344 g/mol. The Morgan fingerprint density at radius 3 is 3.00 bits per heavy atom. The zero-order valence-corrected chi connectivity index (χ0v) is 13.4. The van der Waals surface area contributed by atoms with Gasteiger partial charge >= 0.3 is 0 Å². The molecule has 0 atom stereocenters. The highest BCUT2D eigenvalue weighted by Gasteiger charge is 2.20. The van der Waals surface area contributed by atoms with Gasteiger partial charge in [0.2, 0.25) is 18.4 Å². The fourth-order valence-electron chi connectivity index (χ4n) is 2.29. The summed E-state index contributed by atoms with van der Waals surface area (Å²) < 4.78 is 16.3. The third kappa shape index (κ3) is 2.68. The largest absolute Gasteiger partial charge is 0.454 e. The Morgan fingerprint density at radius 1 is 1.35 bits per heavy atom. The summed E-state index contributed by atoms with van der Waals surface area (Å²) in [6.45, 7) is 1.82. The average molecular weight is 356 g/mol. The van der Waals surface area contributed by atoms with Crippen LogP contribution in [0.5, 0.6) is 11.5 Å². The predicted molar refractivity (Wildman–Crippen MR) is 86.0 cm³/mol. The van der Waals surface area contributed by atoms with Crippen molar-refractivity contribution in [2.75, 3.05) is 12.5 Å². The van der Waals surface area contributed by atoms with Gasteiger partial charge in [-0.15, -0.1) is 5.10 Å². The van der Waals surface area contributed by atoms with E-state index in [0.717, 1.165) is 5.56 Å². The van der Waals surface area contributed by atoms with Crippen molar-refractivity contribution in [3.8, 4) is 17.3 Å². The number of ether oxygens (including phenoxy) is 2. The summed E-state index contributed by atoms with van der Waals surface area (Å²) in [6.07, 6.45) is 1.47. The molecule has 1 aromatic carbocycles. The van der Waals surface area contributed by atoms with E-state index >= 15 is 0 Å². The number of hydrazone groups is 1. The van der Waals surface area contributed by atoms with Gasteiger partial charge in [0.25, 0.3) is 5.91 Å². The van der Waals surface area contributed by atoms with Gasteiger partial charge in [0.05, 0.1) is 11.9 Å². The minimum atomic E-state index is -0.541. The van der Waals surface area contributed by atoms with Gasteiger partial charge in [0.15, 0.2) is 17.2 Å². The summed E-state index contributed by atoms with van der Waals surface area (Å²) in [5, 5.41) is 18.6. The van der Waals surface area contributed by atoms with E-state index in [1.54, 1.807) is 25.1 Å². The normalized spacial score (nSPS) is 12.7. The number of nitrogens with one attached hydrogen (secondary N) is 1. The molecule has 1 aliphatic heterocycles. The zero-order valence-electron chi connectivity index (χ0n) is 13.4. The van der Waals surface area contributed by atoms with Crippen LogP contribution in [0.4, 0.5) is 5.82 Å². The van der Waals surface area contributed by atoms with Crippen molar-refractivity contribution in [2.24, 2.45) is 5.10 Å². The molecule has 12 nitrogen and oxygen atoms in total. The number of nitrogen functional groups attached to an aromatic ring is 1. The van der Waals surface area contributed by atoms with Crippen LogP contribution in [0.3, 0.4) is 0 Å². The smallest absolute Gasteiger partial charge is 0.293 e. The number of hydrogen-bond acceptors (Lipinski definition) is 10. The predicted octanol–water partition coefficient (Wildman–Crippen LogP) is 0.0335. The third-order valence-electron chi connectivity index (χ3n) is 3.58. The molecule has 3 aromatic rings. The van der Waals surface area contributed by atoms with Crippen molar-refractivity contribution in [1.29, 1.82) is 0 Å². The first-order valence-corrected chi connectivity index (χ1v) is 7.37. The number of aromatic nitrogens is 5. The number of amides is 1. The summed E-state index contributed by atoms with van der Waals surface area (Å²) in [4.78, 5) is 12.2. The second kappa shape index (κ2) is 6.16. The molecule has 1 aliphatic rings. The van der Waals surface area contributed by atoms with E-state index in [-0.39, 0.29) is 24.1 Å². The molecule has 0 fully saturated rings. The Kier molecular flexibility index (Phi) is 3.69. The molecule has 1 amide bonds. The molecule has 4 rings (SSSR count). The second-order valence-corrected chi connectivity index (χ2v) is 5.22. The highest BCUT2D eigenvalue weighted by molar-refractivity contribution is 5.94. The van der Waals surface area contributed by atoms with Crippen LogP contribution in [-0.4, -0.2) is 44.2 Å². The Hall–Kier alpha value is -3.96. The summed E-state index contributed by atoms with van der Waals surface area (Å²) in [6, 6.07) is 5.29. The topological polar surface area (TPSA) is 156 Å². The van der Waals surface area contributed by atoms with Crippen LogP contribution < -0.4 is 20.6 Å². The highest BCUT2D eigenvalue weighted by atomic mass is 16.7. The molecule has 0 bridgehead atoms. The van der Waals surface area contributed by atoms with Gasteiger partial charge in [-0.05, 0) is 41.0 Å². The van der Waals surface area contributed by atoms with E-state index in [0.29, 0.717) is 17.2 Å². The van der Waals surface area contributed by atoms with Crippen LogP contribution in [0.15, 0.2) is 27.9 Å². The monoisotopic (exact) mass is 356 g/mol. The first-order valence-electron chi connectivity index (χ1n) is 7.37.